The zero-order valence-electron chi connectivity index (χ0n) is 16.5. The maximum Gasteiger partial charge on any atom is 0.327 e. The molecule has 1 aliphatic heterocycles. The molecule has 0 spiro atoms. The van der Waals surface area contributed by atoms with E-state index in [1.807, 2.05) is 48.5 Å². The van der Waals surface area contributed by atoms with E-state index < -0.39 is 11.0 Å². The van der Waals surface area contributed by atoms with Crippen LogP contribution in [0.5, 0.6) is 11.5 Å². The van der Waals surface area contributed by atoms with Gasteiger partial charge in [0.25, 0.3) is 11.6 Å². The van der Waals surface area contributed by atoms with E-state index in [2.05, 4.69) is 0 Å². The Kier molecular flexibility index (Phi) is 5.61. The van der Waals surface area contributed by atoms with Crippen molar-refractivity contribution in [1.82, 2.24) is 9.80 Å². The minimum atomic E-state index is -0.480. The third-order valence-electron chi connectivity index (χ3n) is 4.87. The molecule has 0 bridgehead atoms. The normalized spacial score (nSPS) is 13.5. The number of amides is 3. The standard InChI is InChI=1S/C23H19N3O5/c27-22-16-24(14-17-9-11-19(12-10-17)26(29)30)23(28)25(22)15-18-5-4-8-21(13-18)31-20-6-2-1-3-7-20/h1-13H,14-16H2. The molecule has 3 amide bonds. The van der Waals surface area contributed by atoms with E-state index in [1.54, 1.807) is 18.2 Å². The Morgan fingerprint density at radius 3 is 2.26 bits per heavy atom. The van der Waals surface area contributed by atoms with Gasteiger partial charge in [0.2, 0.25) is 0 Å². The number of non-ortho nitro benzene ring substituents is 1. The Morgan fingerprint density at radius 2 is 1.55 bits per heavy atom. The molecule has 4 rings (SSSR count). The molecule has 1 heterocycles. The molecule has 1 aliphatic rings. The van der Waals surface area contributed by atoms with Gasteiger partial charge in [0.05, 0.1) is 11.5 Å². The summed E-state index contributed by atoms with van der Waals surface area (Å²) in [6, 6.07) is 22.1. The lowest BCUT2D eigenvalue weighted by Gasteiger charge is -2.17. The van der Waals surface area contributed by atoms with Crippen LogP contribution in [0.2, 0.25) is 0 Å². The summed E-state index contributed by atoms with van der Waals surface area (Å²) in [6.45, 7) is 0.312. The highest BCUT2D eigenvalue weighted by Crippen LogP contribution is 2.24. The summed E-state index contributed by atoms with van der Waals surface area (Å²) in [5.74, 6) is 1.02. The summed E-state index contributed by atoms with van der Waals surface area (Å²) in [5.41, 5.74) is 1.46. The highest BCUT2D eigenvalue weighted by molar-refractivity contribution is 6.01. The second-order valence-corrected chi connectivity index (χ2v) is 7.10. The first kappa shape index (κ1) is 20.1. The molecule has 0 aliphatic carbocycles. The lowest BCUT2D eigenvalue weighted by molar-refractivity contribution is -0.384. The third-order valence-corrected chi connectivity index (χ3v) is 4.87. The van der Waals surface area contributed by atoms with Gasteiger partial charge in [-0.1, -0.05) is 42.5 Å². The number of benzene rings is 3. The van der Waals surface area contributed by atoms with Gasteiger partial charge in [-0.3, -0.25) is 19.8 Å². The van der Waals surface area contributed by atoms with Gasteiger partial charge >= 0.3 is 6.03 Å². The van der Waals surface area contributed by atoms with E-state index in [1.165, 1.54) is 21.9 Å². The van der Waals surface area contributed by atoms with Crippen molar-refractivity contribution in [3.63, 3.8) is 0 Å². The molecule has 1 saturated heterocycles. The summed E-state index contributed by atoms with van der Waals surface area (Å²) >= 11 is 0. The SMILES string of the molecule is O=C1CN(Cc2ccc([N+](=O)[O-])cc2)C(=O)N1Cc1cccc(Oc2ccccc2)c1. The van der Waals surface area contributed by atoms with Crippen molar-refractivity contribution < 1.29 is 19.2 Å². The molecule has 156 valence electrons. The fourth-order valence-electron chi connectivity index (χ4n) is 3.33. The Labute approximate surface area is 178 Å². The van der Waals surface area contributed by atoms with Gasteiger partial charge in [-0.05, 0) is 35.4 Å². The molecular weight excluding hydrogens is 398 g/mol. The quantitative estimate of drug-likeness (QED) is 0.324. The maximum absolute atomic E-state index is 12.8. The number of nitrogens with zero attached hydrogens (tertiary/aromatic N) is 3. The smallest absolute Gasteiger partial charge is 0.327 e. The van der Waals surface area contributed by atoms with Crippen LogP contribution in [0.15, 0.2) is 78.9 Å². The van der Waals surface area contributed by atoms with Gasteiger partial charge in [-0.2, -0.15) is 0 Å². The van der Waals surface area contributed by atoms with E-state index in [9.17, 15) is 19.7 Å². The Morgan fingerprint density at radius 1 is 0.839 bits per heavy atom. The van der Waals surface area contributed by atoms with E-state index in [0.29, 0.717) is 17.1 Å². The van der Waals surface area contributed by atoms with E-state index in [0.717, 1.165) is 5.56 Å². The van der Waals surface area contributed by atoms with Crippen molar-refractivity contribution in [1.29, 1.82) is 0 Å². The first-order chi connectivity index (χ1) is 15.0. The van der Waals surface area contributed by atoms with Gasteiger partial charge in [0, 0.05) is 18.7 Å². The largest absolute Gasteiger partial charge is 0.457 e. The number of ether oxygens (including phenoxy) is 1. The van der Waals surface area contributed by atoms with Gasteiger partial charge in [0.15, 0.2) is 0 Å². The first-order valence-corrected chi connectivity index (χ1v) is 9.64. The molecule has 31 heavy (non-hydrogen) atoms. The lowest BCUT2D eigenvalue weighted by atomic mass is 10.2. The summed E-state index contributed by atoms with van der Waals surface area (Å²) in [6.07, 6.45) is 0. The molecule has 0 radical (unpaired) electrons. The molecule has 0 atom stereocenters. The van der Waals surface area contributed by atoms with Crippen LogP contribution in [0.25, 0.3) is 0 Å². The molecule has 8 nitrogen and oxygen atoms in total. The lowest BCUT2D eigenvalue weighted by Crippen LogP contribution is -2.32. The van der Waals surface area contributed by atoms with Crippen LogP contribution in [-0.4, -0.2) is 33.2 Å². The molecule has 0 N–H and O–H groups in total. The minimum Gasteiger partial charge on any atom is -0.457 e. The van der Waals surface area contributed by atoms with Gasteiger partial charge in [0.1, 0.15) is 18.0 Å². The fourth-order valence-corrected chi connectivity index (χ4v) is 3.33. The van der Waals surface area contributed by atoms with Crippen molar-refractivity contribution >= 4 is 17.6 Å². The monoisotopic (exact) mass is 417 g/mol. The van der Waals surface area contributed by atoms with Crippen LogP contribution in [-0.2, 0) is 17.9 Å². The van der Waals surface area contributed by atoms with Crippen LogP contribution >= 0.6 is 0 Å². The number of carbonyl (C=O) groups excluding carboxylic acids is 2. The zero-order chi connectivity index (χ0) is 21.8. The average Bonchev–Trinajstić information content (AvgIpc) is 3.02. The Balaban J connectivity index is 1.42. The molecule has 3 aromatic rings. The second kappa shape index (κ2) is 8.66. The second-order valence-electron chi connectivity index (χ2n) is 7.10. The number of rotatable bonds is 7. The zero-order valence-corrected chi connectivity index (χ0v) is 16.5. The molecule has 1 fully saturated rings. The molecule has 8 heteroatoms. The van der Waals surface area contributed by atoms with Crippen molar-refractivity contribution in [2.75, 3.05) is 6.54 Å². The minimum absolute atomic E-state index is 0.0215. The van der Waals surface area contributed by atoms with Crippen molar-refractivity contribution in [2.45, 2.75) is 13.1 Å². The number of hydrogen-bond acceptors (Lipinski definition) is 5. The molecule has 0 unspecified atom stereocenters. The van der Waals surface area contributed by atoms with Gasteiger partial charge in [-0.15, -0.1) is 0 Å². The molecular formula is C23H19N3O5. The van der Waals surface area contributed by atoms with Gasteiger partial charge < -0.3 is 9.64 Å². The van der Waals surface area contributed by atoms with Crippen LogP contribution in [0.3, 0.4) is 0 Å². The van der Waals surface area contributed by atoms with Crippen molar-refractivity contribution in [2.24, 2.45) is 0 Å². The molecule has 3 aromatic carbocycles. The summed E-state index contributed by atoms with van der Waals surface area (Å²) in [5, 5.41) is 10.8. The summed E-state index contributed by atoms with van der Waals surface area (Å²) < 4.78 is 5.82. The average molecular weight is 417 g/mol. The number of nitro benzene ring substituents is 1. The van der Waals surface area contributed by atoms with Crippen LogP contribution in [0, 0.1) is 10.1 Å². The van der Waals surface area contributed by atoms with Crippen molar-refractivity contribution in [3.05, 3.63) is 100 Å². The van der Waals surface area contributed by atoms with E-state index in [-0.39, 0.29) is 31.2 Å². The number of hydrogen-bond donors (Lipinski definition) is 0. The van der Waals surface area contributed by atoms with Crippen LogP contribution < -0.4 is 4.74 Å². The Bertz CT molecular complexity index is 1120. The maximum atomic E-state index is 12.8. The topological polar surface area (TPSA) is 93.0 Å². The van der Waals surface area contributed by atoms with Crippen LogP contribution in [0.4, 0.5) is 10.5 Å². The number of carbonyl (C=O) groups is 2. The third kappa shape index (κ3) is 4.69. The molecule has 0 aromatic heterocycles. The number of urea groups is 1. The summed E-state index contributed by atoms with van der Waals surface area (Å²) in [4.78, 5) is 38.1. The fraction of sp³-hybridized carbons (Fsp3) is 0.130. The number of nitro groups is 1. The van der Waals surface area contributed by atoms with Gasteiger partial charge in [-0.25, -0.2) is 4.79 Å². The highest BCUT2D eigenvalue weighted by Gasteiger charge is 2.35. The highest BCUT2D eigenvalue weighted by atomic mass is 16.6. The number of imide groups is 1. The number of para-hydroxylation sites is 1. The van der Waals surface area contributed by atoms with Crippen LogP contribution in [0.1, 0.15) is 11.1 Å². The van der Waals surface area contributed by atoms with E-state index in [4.69, 9.17) is 4.74 Å². The molecule has 0 saturated carbocycles. The Hall–Kier alpha value is -4.20. The van der Waals surface area contributed by atoms with E-state index >= 15 is 0 Å². The first-order valence-electron chi connectivity index (χ1n) is 9.64. The predicted octanol–water partition coefficient (Wildman–Crippen LogP) is 4.35. The van der Waals surface area contributed by atoms with Crippen molar-refractivity contribution in [3.8, 4) is 11.5 Å². The summed E-state index contributed by atoms with van der Waals surface area (Å²) in [7, 11) is 0. The predicted molar refractivity (Wildman–Crippen MR) is 112 cm³/mol.